The second kappa shape index (κ2) is 7.08. The van der Waals surface area contributed by atoms with Crippen molar-refractivity contribution in [1.82, 2.24) is 14.8 Å². The molecule has 2 aliphatic rings. The van der Waals surface area contributed by atoms with E-state index in [-0.39, 0.29) is 11.9 Å². The molecule has 3 heterocycles. The number of hydrogen-bond donors (Lipinski definition) is 1. The minimum absolute atomic E-state index is 0.185. The molecule has 0 unspecified atom stereocenters. The number of fused-ring (bicyclic) bond motifs is 1. The number of rotatable bonds is 4. The highest BCUT2D eigenvalue weighted by atomic mass is 16.2. The highest BCUT2D eigenvalue weighted by molar-refractivity contribution is 5.74. The third-order valence-electron chi connectivity index (χ3n) is 5.81. The lowest BCUT2D eigenvalue weighted by Gasteiger charge is -2.29. The lowest BCUT2D eigenvalue weighted by molar-refractivity contribution is -0.130. The number of amides is 1. The Hall–Kier alpha value is -2.40. The van der Waals surface area contributed by atoms with Gasteiger partial charge in [0.05, 0.1) is 6.04 Å². The molecule has 2 aliphatic heterocycles. The maximum absolute atomic E-state index is 12.2. The van der Waals surface area contributed by atoms with Gasteiger partial charge in [0.25, 0.3) is 0 Å². The number of anilines is 1. The Kier molecular flexibility index (Phi) is 4.64. The summed E-state index contributed by atoms with van der Waals surface area (Å²) in [5.74, 6) is 2.17. The van der Waals surface area contributed by atoms with Crippen LogP contribution in [0, 0.1) is 11.8 Å². The standard InChI is InChI=1S/C21H26N4O/c1-15(26)25-13-18-12-24(11-17-9-6-10-23-21(17)22-2)14-19(18)20(25)16-7-4-3-5-8-16/h3-10,18-20H,11-14H2,1-2H3,(H,22,23)/t18-,19-,20+/m1/s1. The van der Waals surface area contributed by atoms with Gasteiger partial charge in [-0.2, -0.15) is 0 Å². The Morgan fingerprint density at radius 3 is 2.69 bits per heavy atom. The molecule has 1 aromatic carbocycles. The summed E-state index contributed by atoms with van der Waals surface area (Å²) < 4.78 is 0. The Bertz CT molecular complexity index is 779. The van der Waals surface area contributed by atoms with Gasteiger partial charge < -0.3 is 10.2 Å². The lowest BCUT2D eigenvalue weighted by atomic mass is 9.89. The SMILES string of the molecule is CNc1ncccc1CN1C[C@@H]2CN(C(C)=O)[C@@H](c3ccccc3)[C@@H]2C1. The summed E-state index contributed by atoms with van der Waals surface area (Å²) in [7, 11) is 1.92. The molecule has 5 heteroatoms. The van der Waals surface area contributed by atoms with E-state index in [1.807, 2.05) is 25.4 Å². The predicted octanol–water partition coefficient (Wildman–Crippen LogP) is 2.77. The van der Waals surface area contributed by atoms with Crippen LogP contribution < -0.4 is 5.32 Å². The maximum atomic E-state index is 12.2. The first-order valence-electron chi connectivity index (χ1n) is 9.33. The molecule has 0 bridgehead atoms. The van der Waals surface area contributed by atoms with Gasteiger partial charge in [0.1, 0.15) is 5.82 Å². The number of carbonyl (C=O) groups is 1. The highest BCUT2D eigenvalue weighted by Gasteiger charge is 2.48. The number of pyridine rings is 1. The van der Waals surface area contributed by atoms with Crippen molar-refractivity contribution < 1.29 is 4.79 Å². The molecule has 26 heavy (non-hydrogen) atoms. The van der Waals surface area contributed by atoms with Crippen LogP contribution in [-0.4, -0.2) is 47.4 Å². The van der Waals surface area contributed by atoms with Gasteiger partial charge in [-0.1, -0.05) is 36.4 Å². The Balaban J connectivity index is 1.54. The smallest absolute Gasteiger partial charge is 0.219 e. The Labute approximate surface area is 155 Å². The lowest BCUT2D eigenvalue weighted by Crippen LogP contribution is -2.34. The summed E-state index contributed by atoms with van der Waals surface area (Å²) in [6.45, 7) is 5.52. The second-order valence-electron chi connectivity index (χ2n) is 7.41. The number of hydrogen-bond acceptors (Lipinski definition) is 4. The zero-order valence-electron chi connectivity index (χ0n) is 15.4. The molecule has 2 aromatic rings. The molecule has 136 valence electrons. The van der Waals surface area contributed by atoms with Crippen molar-refractivity contribution >= 4 is 11.7 Å². The molecule has 1 amide bonds. The maximum Gasteiger partial charge on any atom is 0.219 e. The van der Waals surface area contributed by atoms with E-state index >= 15 is 0 Å². The first-order chi connectivity index (χ1) is 12.7. The second-order valence-corrected chi connectivity index (χ2v) is 7.41. The first kappa shape index (κ1) is 17.0. The van der Waals surface area contributed by atoms with E-state index < -0.39 is 0 Å². The van der Waals surface area contributed by atoms with E-state index in [9.17, 15) is 4.79 Å². The van der Waals surface area contributed by atoms with E-state index in [1.165, 1.54) is 11.1 Å². The van der Waals surface area contributed by atoms with Gasteiger partial charge in [-0.05, 0) is 17.5 Å². The van der Waals surface area contributed by atoms with Crippen molar-refractivity contribution in [3.63, 3.8) is 0 Å². The molecule has 0 spiro atoms. The van der Waals surface area contributed by atoms with Gasteiger partial charge in [-0.25, -0.2) is 4.98 Å². The van der Waals surface area contributed by atoms with Gasteiger partial charge in [-0.3, -0.25) is 9.69 Å². The average molecular weight is 350 g/mol. The van der Waals surface area contributed by atoms with Crippen LogP contribution in [0.15, 0.2) is 48.7 Å². The molecule has 1 N–H and O–H groups in total. The van der Waals surface area contributed by atoms with Crippen LogP contribution in [0.25, 0.3) is 0 Å². The normalized spacial score (nSPS) is 25.3. The van der Waals surface area contributed by atoms with Crippen molar-refractivity contribution in [3.05, 3.63) is 59.8 Å². The summed E-state index contributed by atoms with van der Waals surface area (Å²) in [6, 6.07) is 14.8. The van der Waals surface area contributed by atoms with E-state index in [0.717, 1.165) is 32.0 Å². The first-order valence-corrected chi connectivity index (χ1v) is 9.33. The minimum atomic E-state index is 0.185. The molecule has 0 aliphatic carbocycles. The summed E-state index contributed by atoms with van der Waals surface area (Å²) in [6.07, 6.45) is 1.82. The fourth-order valence-corrected chi connectivity index (χ4v) is 4.70. The van der Waals surface area contributed by atoms with Crippen molar-refractivity contribution in [2.24, 2.45) is 11.8 Å². The molecule has 2 fully saturated rings. The topological polar surface area (TPSA) is 48.5 Å². The third-order valence-corrected chi connectivity index (χ3v) is 5.81. The van der Waals surface area contributed by atoms with Crippen LogP contribution in [0.3, 0.4) is 0 Å². The Morgan fingerprint density at radius 1 is 1.15 bits per heavy atom. The van der Waals surface area contributed by atoms with Gasteiger partial charge >= 0.3 is 0 Å². The number of aromatic nitrogens is 1. The quantitative estimate of drug-likeness (QED) is 0.921. The number of likely N-dealkylation sites (tertiary alicyclic amines) is 2. The molecule has 4 rings (SSSR count). The molecule has 0 radical (unpaired) electrons. The molecule has 3 atom stereocenters. The minimum Gasteiger partial charge on any atom is -0.373 e. The average Bonchev–Trinajstić information content (AvgIpc) is 3.20. The molecular formula is C21H26N4O. The summed E-state index contributed by atoms with van der Waals surface area (Å²) in [5, 5.41) is 3.19. The van der Waals surface area contributed by atoms with Gasteiger partial charge in [0, 0.05) is 57.8 Å². The van der Waals surface area contributed by atoms with E-state index in [4.69, 9.17) is 0 Å². The number of nitrogens with one attached hydrogen (secondary N) is 1. The summed E-state index contributed by atoms with van der Waals surface area (Å²) >= 11 is 0. The van der Waals surface area contributed by atoms with Gasteiger partial charge in [0.15, 0.2) is 0 Å². The van der Waals surface area contributed by atoms with Crippen LogP contribution in [-0.2, 0) is 11.3 Å². The monoisotopic (exact) mass is 350 g/mol. The fraction of sp³-hybridized carbons (Fsp3) is 0.429. The zero-order chi connectivity index (χ0) is 18.1. The van der Waals surface area contributed by atoms with E-state index in [1.54, 1.807) is 6.92 Å². The Morgan fingerprint density at radius 2 is 1.96 bits per heavy atom. The van der Waals surface area contributed by atoms with Crippen molar-refractivity contribution in [2.45, 2.75) is 19.5 Å². The van der Waals surface area contributed by atoms with Crippen LogP contribution in [0.2, 0.25) is 0 Å². The van der Waals surface area contributed by atoms with Crippen LogP contribution in [0.5, 0.6) is 0 Å². The molecule has 5 nitrogen and oxygen atoms in total. The number of benzene rings is 1. The van der Waals surface area contributed by atoms with Crippen molar-refractivity contribution in [1.29, 1.82) is 0 Å². The van der Waals surface area contributed by atoms with E-state index in [0.29, 0.717) is 11.8 Å². The summed E-state index contributed by atoms with van der Waals surface area (Å²) in [4.78, 5) is 21.2. The predicted molar refractivity (Wildman–Crippen MR) is 103 cm³/mol. The molecular weight excluding hydrogens is 324 g/mol. The summed E-state index contributed by atoms with van der Waals surface area (Å²) in [5.41, 5.74) is 2.49. The fourth-order valence-electron chi connectivity index (χ4n) is 4.70. The molecule has 2 saturated heterocycles. The largest absolute Gasteiger partial charge is 0.373 e. The third kappa shape index (κ3) is 3.07. The van der Waals surface area contributed by atoms with Gasteiger partial charge in [0.2, 0.25) is 5.91 Å². The van der Waals surface area contributed by atoms with Crippen molar-refractivity contribution in [3.8, 4) is 0 Å². The van der Waals surface area contributed by atoms with Crippen LogP contribution in [0.4, 0.5) is 5.82 Å². The molecule has 1 aromatic heterocycles. The number of carbonyl (C=O) groups excluding carboxylic acids is 1. The van der Waals surface area contributed by atoms with E-state index in [2.05, 4.69) is 50.4 Å². The zero-order valence-corrected chi connectivity index (χ0v) is 15.4. The van der Waals surface area contributed by atoms with Crippen molar-refractivity contribution in [2.75, 3.05) is 32.0 Å². The number of nitrogens with zero attached hydrogens (tertiary/aromatic N) is 3. The van der Waals surface area contributed by atoms with Crippen LogP contribution in [0.1, 0.15) is 24.1 Å². The highest BCUT2D eigenvalue weighted by Crippen LogP contribution is 2.45. The van der Waals surface area contributed by atoms with Crippen LogP contribution >= 0.6 is 0 Å². The molecule has 0 saturated carbocycles. The van der Waals surface area contributed by atoms with Gasteiger partial charge in [-0.15, -0.1) is 0 Å².